The third kappa shape index (κ3) is 4.20. The fourth-order valence-corrected chi connectivity index (χ4v) is 2.63. The Balaban J connectivity index is 1.79. The molecule has 2 rings (SSSR count). The van der Waals surface area contributed by atoms with Gasteiger partial charge in [0, 0.05) is 12.2 Å². The van der Waals surface area contributed by atoms with Crippen LogP contribution in [0.2, 0.25) is 0 Å². The molecular formula is C10H11F3N2O3S. The van der Waals surface area contributed by atoms with Gasteiger partial charge in [0.2, 0.25) is 5.89 Å². The molecule has 0 bridgehead atoms. The Labute approximate surface area is 110 Å². The lowest BCUT2D eigenvalue weighted by Gasteiger charge is -2.05. The van der Waals surface area contributed by atoms with E-state index in [9.17, 15) is 18.0 Å². The van der Waals surface area contributed by atoms with E-state index in [1.807, 2.05) is 0 Å². The SMILES string of the molecule is O=C1CSCC1c1nc(CCOCC(F)(F)F)no1. The second-order valence-electron chi connectivity index (χ2n) is 4.00. The van der Waals surface area contributed by atoms with Crippen molar-refractivity contribution in [2.24, 2.45) is 0 Å². The lowest BCUT2D eigenvalue weighted by atomic mass is 10.1. The molecule has 1 aromatic rings. The van der Waals surface area contributed by atoms with Crippen molar-refractivity contribution in [3.8, 4) is 0 Å². The first-order valence-electron chi connectivity index (χ1n) is 5.53. The van der Waals surface area contributed by atoms with Gasteiger partial charge in [-0.15, -0.1) is 0 Å². The maximum atomic E-state index is 11.8. The minimum Gasteiger partial charge on any atom is -0.372 e. The van der Waals surface area contributed by atoms with Crippen LogP contribution in [0.25, 0.3) is 0 Å². The summed E-state index contributed by atoms with van der Waals surface area (Å²) in [7, 11) is 0. The maximum absolute atomic E-state index is 11.8. The minimum absolute atomic E-state index is 0.0357. The Hall–Kier alpha value is -1.09. The van der Waals surface area contributed by atoms with Crippen LogP contribution in [-0.2, 0) is 16.0 Å². The summed E-state index contributed by atoms with van der Waals surface area (Å²) in [4.78, 5) is 15.5. The van der Waals surface area contributed by atoms with Crippen molar-refractivity contribution in [2.45, 2.75) is 18.5 Å². The summed E-state index contributed by atoms with van der Waals surface area (Å²) in [6.07, 6.45) is -4.22. The third-order valence-electron chi connectivity index (χ3n) is 2.44. The number of Topliss-reactive ketones (excluding diaryl/α,β-unsaturated/α-hetero) is 1. The van der Waals surface area contributed by atoms with E-state index < -0.39 is 12.8 Å². The van der Waals surface area contributed by atoms with Crippen molar-refractivity contribution in [3.63, 3.8) is 0 Å². The van der Waals surface area contributed by atoms with E-state index >= 15 is 0 Å². The smallest absolute Gasteiger partial charge is 0.372 e. The van der Waals surface area contributed by atoms with Crippen molar-refractivity contribution in [3.05, 3.63) is 11.7 Å². The summed E-state index contributed by atoms with van der Waals surface area (Å²) in [6, 6.07) is 0. The number of thioether (sulfide) groups is 1. The predicted octanol–water partition coefficient (Wildman–Crippen LogP) is 1.59. The Morgan fingerprint density at radius 3 is 2.89 bits per heavy atom. The first-order chi connectivity index (χ1) is 8.96. The van der Waals surface area contributed by atoms with Crippen LogP contribution in [0.3, 0.4) is 0 Å². The van der Waals surface area contributed by atoms with Crippen LogP contribution in [0.5, 0.6) is 0 Å². The number of carbonyl (C=O) groups is 1. The fourth-order valence-electron chi connectivity index (χ4n) is 1.54. The van der Waals surface area contributed by atoms with Crippen LogP contribution in [-0.4, -0.2) is 46.8 Å². The zero-order chi connectivity index (χ0) is 13.9. The van der Waals surface area contributed by atoms with Crippen molar-refractivity contribution in [1.29, 1.82) is 0 Å². The quantitative estimate of drug-likeness (QED) is 0.769. The summed E-state index contributed by atoms with van der Waals surface area (Å²) >= 11 is 1.49. The number of alkyl halides is 3. The highest BCUT2D eigenvalue weighted by Crippen LogP contribution is 2.28. The Morgan fingerprint density at radius 2 is 2.26 bits per heavy atom. The fraction of sp³-hybridized carbons (Fsp3) is 0.700. The molecule has 2 heterocycles. The van der Waals surface area contributed by atoms with Gasteiger partial charge < -0.3 is 9.26 Å². The van der Waals surface area contributed by atoms with Crippen LogP contribution >= 0.6 is 11.8 Å². The van der Waals surface area contributed by atoms with Gasteiger partial charge in [0.05, 0.1) is 12.4 Å². The van der Waals surface area contributed by atoms with Gasteiger partial charge in [0.15, 0.2) is 11.6 Å². The molecule has 0 N–H and O–H groups in total. The molecule has 1 aliphatic rings. The largest absolute Gasteiger partial charge is 0.411 e. The molecule has 0 radical (unpaired) electrons. The van der Waals surface area contributed by atoms with E-state index in [0.717, 1.165) is 0 Å². The molecule has 0 spiro atoms. The van der Waals surface area contributed by atoms with E-state index in [1.54, 1.807) is 0 Å². The molecule has 0 amide bonds. The standard InChI is InChI=1S/C10H11F3N2O3S/c11-10(12,13)5-17-2-1-8-14-9(18-15-8)6-3-19-4-7(6)16/h6H,1-5H2. The number of rotatable bonds is 5. The number of ether oxygens (including phenoxy) is 1. The summed E-state index contributed by atoms with van der Waals surface area (Å²) < 4.78 is 44.8. The van der Waals surface area contributed by atoms with Crippen molar-refractivity contribution >= 4 is 17.5 Å². The van der Waals surface area contributed by atoms with Gasteiger partial charge >= 0.3 is 6.18 Å². The highest BCUT2D eigenvalue weighted by Gasteiger charge is 2.31. The molecule has 1 fully saturated rings. The summed E-state index contributed by atoms with van der Waals surface area (Å²) in [5.74, 6) is 1.17. The summed E-state index contributed by atoms with van der Waals surface area (Å²) in [5.41, 5.74) is 0. The van der Waals surface area contributed by atoms with Crippen molar-refractivity contribution in [1.82, 2.24) is 10.1 Å². The molecule has 1 aromatic heterocycles. The lowest BCUT2D eigenvalue weighted by Crippen LogP contribution is -2.18. The van der Waals surface area contributed by atoms with Gasteiger partial charge in [0.25, 0.3) is 0 Å². The Kier molecular flexibility index (Phi) is 4.46. The summed E-state index contributed by atoms with van der Waals surface area (Å²) in [5, 5.41) is 3.62. The number of hydrogen-bond donors (Lipinski definition) is 0. The molecule has 1 atom stereocenters. The number of halogens is 3. The number of nitrogens with zero attached hydrogens (tertiary/aromatic N) is 2. The molecule has 9 heteroatoms. The molecule has 19 heavy (non-hydrogen) atoms. The molecule has 0 aliphatic carbocycles. The second kappa shape index (κ2) is 5.91. The highest BCUT2D eigenvalue weighted by atomic mass is 32.2. The van der Waals surface area contributed by atoms with Crippen molar-refractivity contribution in [2.75, 3.05) is 24.7 Å². The molecule has 5 nitrogen and oxygen atoms in total. The van der Waals surface area contributed by atoms with Crippen LogP contribution in [0.15, 0.2) is 4.52 Å². The van der Waals surface area contributed by atoms with E-state index in [-0.39, 0.29) is 36.4 Å². The average molecular weight is 296 g/mol. The van der Waals surface area contributed by atoms with Gasteiger partial charge in [-0.25, -0.2) is 0 Å². The first kappa shape index (κ1) is 14.3. The van der Waals surface area contributed by atoms with Crippen LogP contribution < -0.4 is 0 Å². The van der Waals surface area contributed by atoms with Gasteiger partial charge in [-0.05, 0) is 0 Å². The predicted molar refractivity (Wildman–Crippen MR) is 59.9 cm³/mol. The maximum Gasteiger partial charge on any atom is 0.411 e. The summed E-state index contributed by atoms with van der Waals surface area (Å²) in [6.45, 7) is -1.44. The third-order valence-corrected chi connectivity index (χ3v) is 3.49. The first-order valence-corrected chi connectivity index (χ1v) is 6.68. The van der Waals surface area contributed by atoms with Crippen LogP contribution in [0.1, 0.15) is 17.6 Å². The molecule has 0 aromatic carbocycles. The van der Waals surface area contributed by atoms with E-state index in [0.29, 0.717) is 11.5 Å². The van der Waals surface area contributed by atoms with Gasteiger partial charge in [-0.3, -0.25) is 4.79 Å². The van der Waals surface area contributed by atoms with Crippen LogP contribution in [0.4, 0.5) is 13.2 Å². The van der Waals surface area contributed by atoms with E-state index in [1.165, 1.54) is 11.8 Å². The van der Waals surface area contributed by atoms with Crippen molar-refractivity contribution < 1.29 is 27.2 Å². The number of carbonyl (C=O) groups excluding carboxylic acids is 1. The highest BCUT2D eigenvalue weighted by molar-refractivity contribution is 8.00. The number of aromatic nitrogens is 2. The van der Waals surface area contributed by atoms with E-state index in [4.69, 9.17) is 4.52 Å². The van der Waals surface area contributed by atoms with Gasteiger partial charge in [-0.2, -0.15) is 29.9 Å². The zero-order valence-electron chi connectivity index (χ0n) is 9.77. The minimum atomic E-state index is -4.34. The molecule has 0 saturated carbocycles. The van der Waals surface area contributed by atoms with Crippen LogP contribution in [0, 0.1) is 0 Å². The Bertz CT molecular complexity index is 449. The molecule has 106 valence electrons. The Morgan fingerprint density at radius 1 is 1.47 bits per heavy atom. The van der Waals surface area contributed by atoms with Gasteiger partial charge in [0.1, 0.15) is 12.5 Å². The number of hydrogen-bond acceptors (Lipinski definition) is 6. The monoisotopic (exact) mass is 296 g/mol. The normalized spacial score (nSPS) is 20.2. The molecule has 1 aliphatic heterocycles. The lowest BCUT2D eigenvalue weighted by molar-refractivity contribution is -0.173. The van der Waals surface area contributed by atoms with E-state index in [2.05, 4.69) is 14.9 Å². The molecule has 1 saturated heterocycles. The topological polar surface area (TPSA) is 65.2 Å². The molecular weight excluding hydrogens is 285 g/mol. The average Bonchev–Trinajstić information content (AvgIpc) is 2.91. The number of ketones is 1. The zero-order valence-corrected chi connectivity index (χ0v) is 10.6. The second-order valence-corrected chi connectivity index (χ2v) is 5.03. The van der Waals surface area contributed by atoms with Gasteiger partial charge in [-0.1, -0.05) is 5.16 Å². The molecule has 1 unspecified atom stereocenters.